The first-order chi connectivity index (χ1) is 7.66. The molecule has 0 amide bonds. The average Bonchev–Trinajstić information content (AvgIpc) is 2.74. The minimum atomic E-state index is 0.159. The lowest BCUT2D eigenvalue weighted by Gasteiger charge is -2.19. The smallest absolute Gasteiger partial charge is 0.120 e. The molecule has 2 unspecified atom stereocenters. The Balaban J connectivity index is 2.07. The van der Waals surface area contributed by atoms with Gasteiger partial charge in [0, 0.05) is 24.3 Å². The molecule has 1 aliphatic heterocycles. The van der Waals surface area contributed by atoms with Gasteiger partial charge in [-0.1, -0.05) is 17.7 Å². The van der Waals surface area contributed by atoms with Gasteiger partial charge in [-0.3, -0.25) is 0 Å². The number of phenols is 1. The molecule has 3 nitrogen and oxygen atoms in total. The molecule has 2 atom stereocenters. The fourth-order valence-electron chi connectivity index (χ4n) is 2.13. The Bertz CT molecular complexity index is 359. The highest BCUT2D eigenvalue weighted by molar-refractivity contribution is 5.37. The van der Waals surface area contributed by atoms with Gasteiger partial charge in [0.05, 0.1) is 6.61 Å². The zero-order chi connectivity index (χ0) is 11.5. The van der Waals surface area contributed by atoms with Crippen molar-refractivity contribution in [2.24, 2.45) is 0 Å². The topological polar surface area (TPSA) is 41.5 Å². The third kappa shape index (κ3) is 2.54. The molecule has 1 aliphatic rings. The lowest BCUT2D eigenvalue weighted by molar-refractivity contribution is 0.188. The van der Waals surface area contributed by atoms with Gasteiger partial charge in [0.2, 0.25) is 0 Å². The lowest BCUT2D eigenvalue weighted by atomic mass is 10.0. The predicted molar refractivity (Wildman–Crippen MR) is 63.6 cm³/mol. The fourth-order valence-corrected chi connectivity index (χ4v) is 2.13. The van der Waals surface area contributed by atoms with Gasteiger partial charge < -0.3 is 15.2 Å². The van der Waals surface area contributed by atoms with E-state index in [0.717, 1.165) is 25.2 Å². The molecule has 1 aromatic carbocycles. The lowest BCUT2D eigenvalue weighted by Crippen LogP contribution is -2.31. The summed E-state index contributed by atoms with van der Waals surface area (Å²) in [5, 5.41) is 13.3. The van der Waals surface area contributed by atoms with Crippen molar-refractivity contribution in [1.82, 2.24) is 5.32 Å². The van der Waals surface area contributed by atoms with Gasteiger partial charge in [-0.25, -0.2) is 0 Å². The number of benzene rings is 1. The Kier molecular flexibility index (Phi) is 3.46. The van der Waals surface area contributed by atoms with Gasteiger partial charge in [-0.2, -0.15) is 0 Å². The van der Waals surface area contributed by atoms with E-state index in [1.807, 2.05) is 19.1 Å². The van der Waals surface area contributed by atoms with Gasteiger partial charge in [0.25, 0.3) is 0 Å². The predicted octanol–water partition coefficient (Wildman–Crippen LogP) is 2.14. The van der Waals surface area contributed by atoms with Crippen molar-refractivity contribution in [1.29, 1.82) is 0 Å². The Morgan fingerprint density at radius 1 is 1.50 bits per heavy atom. The number of aryl methyl sites for hydroxylation is 1. The number of ether oxygens (including phenoxy) is 1. The van der Waals surface area contributed by atoms with Crippen LogP contribution in [0.1, 0.15) is 30.5 Å². The van der Waals surface area contributed by atoms with Crippen LogP contribution in [0.25, 0.3) is 0 Å². The summed E-state index contributed by atoms with van der Waals surface area (Å²) in [6, 6.07) is 6.28. The van der Waals surface area contributed by atoms with Crippen molar-refractivity contribution in [3.05, 3.63) is 29.3 Å². The minimum Gasteiger partial charge on any atom is -0.508 e. The molecular weight excluding hydrogens is 202 g/mol. The molecule has 0 aromatic heterocycles. The van der Waals surface area contributed by atoms with Crippen molar-refractivity contribution in [3.63, 3.8) is 0 Å². The van der Waals surface area contributed by atoms with Crippen LogP contribution in [0, 0.1) is 6.92 Å². The maximum atomic E-state index is 9.81. The molecule has 0 aliphatic carbocycles. The Hall–Kier alpha value is -1.06. The van der Waals surface area contributed by atoms with Crippen molar-refractivity contribution < 1.29 is 9.84 Å². The van der Waals surface area contributed by atoms with E-state index in [9.17, 15) is 5.11 Å². The van der Waals surface area contributed by atoms with Crippen molar-refractivity contribution in [2.45, 2.75) is 32.4 Å². The third-order valence-electron chi connectivity index (χ3n) is 3.06. The Morgan fingerprint density at radius 3 is 3.00 bits per heavy atom. The second-order valence-corrected chi connectivity index (χ2v) is 4.51. The van der Waals surface area contributed by atoms with Crippen LogP contribution in [0.3, 0.4) is 0 Å². The van der Waals surface area contributed by atoms with Crippen molar-refractivity contribution >= 4 is 0 Å². The van der Waals surface area contributed by atoms with E-state index in [1.54, 1.807) is 6.07 Å². The molecule has 88 valence electrons. The summed E-state index contributed by atoms with van der Waals surface area (Å²) in [5.41, 5.74) is 2.14. The molecule has 0 spiro atoms. The molecule has 3 heteroatoms. The molecule has 0 radical (unpaired) electrons. The highest BCUT2D eigenvalue weighted by Crippen LogP contribution is 2.25. The molecular formula is C13H19NO2. The number of hydrogen-bond acceptors (Lipinski definition) is 3. The summed E-state index contributed by atoms with van der Waals surface area (Å²) >= 11 is 0. The van der Waals surface area contributed by atoms with E-state index < -0.39 is 0 Å². The minimum absolute atomic E-state index is 0.159. The monoisotopic (exact) mass is 221 g/mol. The molecule has 2 N–H and O–H groups in total. The van der Waals surface area contributed by atoms with E-state index in [4.69, 9.17) is 4.74 Å². The molecule has 1 aromatic rings. The van der Waals surface area contributed by atoms with Crippen molar-refractivity contribution in [2.75, 3.05) is 13.2 Å². The Morgan fingerprint density at radius 2 is 2.31 bits per heavy atom. The standard InChI is InChI=1S/C13H19NO2/c1-9-3-4-13(15)12(7-9)10(2)14-11-5-6-16-8-11/h3-4,7,10-11,14-15H,5-6,8H2,1-2H3. The van der Waals surface area contributed by atoms with Crippen LogP contribution in [0.15, 0.2) is 18.2 Å². The van der Waals surface area contributed by atoms with Gasteiger partial charge in [0.15, 0.2) is 0 Å². The number of rotatable bonds is 3. The average molecular weight is 221 g/mol. The summed E-state index contributed by atoms with van der Waals surface area (Å²) in [4.78, 5) is 0. The maximum absolute atomic E-state index is 9.81. The molecule has 16 heavy (non-hydrogen) atoms. The van der Waals surface area contributed by atoms with Crippen LogP contribution in [0.4, 0.5) is 0 Å². The van der Waals surface area contributed by atoms with Gasteiger partial charge in [0.1, 0.15) is 5.75 Å². The van der Waals surface area contributed by atoms with Crippen LogP contribution in [0.5, 0.6) is 5.75 Å². The third-order valence-corrected chi connectivity index (χ3v) is 3.06. The number of aromatic hydroxyl groups is 1. The molecule has 1 heterocycles. The summed E-state index contributed by atoms with van der Waals surface area (Å²) in [7, 11) is 0. The van der Waals surface area contributed by atoms with E-state index in [-0.39, 0.29) is 6.04 Å². The summed E-state index contributed by atoms with van der Waals surface area (Å²) in [6.07, 6.45) is 1.05. The zero-order valence-electron chi connectivity index (χ0n) is 9.86. The molecule has 1 fully saturated rings. The molecule has 0 bridgehead atoms. The summed E-state index contributed by atoms with van der Waals surface area (Å²) in [5.74, 6) is 0.365. The number of phenolic OH excluding ortho intramolecular Hbond substituents is 1. The summed E-state index contributed by atoms with van der Waals surface area (Å²) < 4.78 is 5.32. The summed E-state index contributed by atoms with van der Waals surface area (Å²) in [6.45, 7) is 5.72. The molecule has 2 rings (SSSR count). The van der Waals surface area contributed by atoms with E-state index in [0.29, 0.717) is 11.8 Å². The second kappa shape index (κ2) is 4.85. The zero-order valence-corrected chi connectivity index (χ0v) is 9.86. The molecule has 1 saturated heterocycles. The second-order valence-electron chi connectivity index (χ2n) is 4.51. The molecule has 0 saturated carbocycles. The van der Waals surface area contributed by atoms with Crippen LogP contribution in [-0.2, 0) is 4.74 Å². The van der Waals surface area contributed by atoms with Crippen LogP contribution >= 0.6 is 0 Å². The van der Waals surface area contributed by atoms with E-state index in [2.05, 4.69) is 12.2 Å². The largest absolute Gasteiger partial charge is 0.508 e. The van der Waals surface area contributed by atoms with Crippen LogP contribution in [0.2, 0.25) is 0 Å². The van der Waals surface area contributed by atoms with E-state index >= 15 is 0 Å². The maximum Gasteiger partial charge on any atom is 0.120 e. The fraction of sp³-hybridized carbons (Fsp3) is 0.538. The SMILES string of the molecule is Cc1ccc(O)c(C(C)NC2CCOC2)c1. The van der Waals surface area contributed by atoms with Gasteiger partial charge >= 0.3 is 0 Å². The highest BCUT2D eigenvalue weighted by Gasteiger charge is 2.19. The number of nitrogens with one attached hydrogen (secondary N) is 1. The first kappa shape index (κ1) is 11.4. The first-order valence-electron chi connectivity index (χ1n) is 5.80. The normalized spacial score (nSPS) is 22.2. The highest BCUT2D eigenvalue weighted by atomic mass is 16.5. The van der Waals surface area contributed by atoms with Crippen molar-refractivity contribution in [3.8, 4) is 5.75 Å². The van der Waals surface area contributed by atoms with Crippen LogP contribution < -0.4 is 5.32 Å². The number of hydrogen-bond donors (Lipinski definition) is 2. The Labute approximate surface area is 96.4 Å². The van der Waals surface area contributed by atoms with E-state index in [1.165, 1.54) is 5.56 Å². The van der Waals surface area contributed by atoms with Gasteiger partial charge in [-0.15, -0.1) is 0 Å². The quantitative estimate of drug-likeness (QED) is 0.821. The first-order valence-corrected chi connectivity index (χ1v) is 5.80. The van der Waals surface area contributed by atoms with Crippen LogP contribution in [-0.4, -0.2) is 24.4 Å². The van der Waals surface area contributed by atoms with Gasteiger partial charge in [-0.05, 0) is 26.3 Å².